The van der Waals surface area contributed by atoms with Crippen LogP contribution in [-0.4, -0.2) is 60.3 Å². The van der Waals surface area contributed by atoms with Crippen LogP contribution in [0, 0.1) is 11.8 Å². The largest absolute Gasteiger partial charge is 0.497 e. The van der Waals surface area contributed by atoms with E-state index >= 15 is 0 Å². The summed E-state index contributed by atoms with van der Waals surface area (Å²) in [5.74, 6) is 3.79. The number of ether oxygens (including phenoxy) is 1. The van der Waals surface area contributed by atoms with Gasteiger partial charge in [-0.05, 0) is 50.2 Å². The van der Waals surface area contributed by atoms with Crippen molar-refractivity contribution in [2.45, 2.75) is 12.6 Å². The second-order valence-electron chi connectivity index (χ2n) is 6.72. The van der Waals surface area contributed by atoms with E-state index in [0.717, 1.165) is 54.6 Å². The Balaban J connectivity index is 1.37. The Kier molecular flexibility index (Phi) is 3.58. The maximum absolute atomic E-state index is 5.40. The van der Waals surface area contributed by atoms with Crippen LogP contribution in [0.25, 0.3) is 11.5 Å². The van der Waals surface area contributed by atoms with Gasteiger partial charge in [0.15, 0.2) is 5.82 Å². The summed E-state index contributed by atoms with van der Waals surface area (Å²) in [6, 6.07) is 8.43. The molecule has 2 fully saturated rings. The van der Waals surface area contributed by atoms with Crippen LogP contribution < -0.4 is 4.74 Å². The van der Waals surface area contributed by atoms with Gasteiger partial charge in [0.25, 0.3) is 5.89 Å². The zero-order valence-electron chi connectivity index (χ0n) is 13.8. The molecule has 0 bridgehead atoms. The van der Waals surface area contributed by atoms with Gasteiger partial charge in [-0.1, -0.05) is 5.16 Å². The summed E-state index contributed by atoms with van der Waals surface area (Å²) < 4.78 is 10.6. The number of hydrogen-bond donors (Lipinski definition) is 0. The van der Waals surface area contributed by atoms with Gasteiger partial charge in [-0.25, -0.2) is 0 Å². The molecule has 6 heteroatoms. The highest BCUT2D eigenvalue weighted by Crippen LogP contribution is 2.48. The molecule has 0 radical (unpaired) electrons. The number of piperidine rings is 1. The van der Waals surface area contributed by atoms with Crippen LogP contribution in [0.15, 0.2) is 28.8 Å². The van der Waals surface area contributed by atoms with Crippen molar-refractivity contribution in [3.05, 3.63) is 30.1 Å². The second-order valence-corrected chi connectivity index (χ2v) is 6.72. The van der Waals surface area contributed by atoms with E-state index in [2.05, 4.69) is 34.0 Å². The lowest BCUT2D eigenvalue weighted by Crippen LogP contribution is -2.30. The predicted octanol–water partition coefficient (Wildman–Crippen LogP) is 1.74. The molecule has 1 saturated carbocycles. The normalized spacial score (nSPS) is 26.5. The quantitative estimate of drug-likeness (QED) is 0.838. The number of likely N-dealkylation sites (tertiary alicyclic amines) is 1. The van der Waals surface area contributed by atoms with Crippen molar-refractivity contribution < 1.29 is 9.26 Å². The fraction of sp³-hybridized carbons (Fsp3) is 0.529. The van der Waals surface area contributed by atoms with Crippen molar-refractivity contribution >= 4 is 0 Å². The highest BCUT2D eigenvalue weighted by molar-refractivity contribution is 5.54. The van der Waals surface area contributed by atoms with Crippen molar-refractivity contribution in [1.82, 2.24) is 19.9 Å². The van der Waals surface area contributed by atoms with E-state index in [4.69, 9.17) is 9.26 Å². The molecule has 23 heavy (non-hydrogen) atoms. The molecule has 0 N–H and O–H groups in total. The zero-order valence-corrected chi connectivity index (χ0v) is 13.8. The minimum atomic E-state index is 0.568. The average molecular weight is 314 g/mol. The predicted molar refractivity (Wildman–Crippen MR) is 86.0 cm³/mol. The van der Waals surface area contributed by atoms with Crippen LogP contribution in [0.3, 0.4) is 0 Å². The van der Waals surface area contributed by atoms with E-state index in [1.165, 1.54) is 0 Å². The lowest BCUT2D eigenvalue weighted by atomic mass is 10.2. The fourth-order valence-electron chi connectivity index (χ4n) is 3.85. The molecule has 2 aromatic rings. The molecule has 0 amide bonds. The molecule has 3 atom stereocenters. The Morgan fingerprint density at radius 1 is 1.22 bits per heavy atom. The Bertz CT molecular complexity index is 670. The van der Waals surface area contributed by atoms with Gasteiger partial charge in [0, 0.05) is 24.7 Å². The third-order valence-electron chi connectivity index (χ3n) is 4.99. The zero-order chi connectivity index (χ0) is 16.0. The van der Waals surface area contributed by atoms with Gasteiger partial charge in [-0.15, -0.1) is 0 Å². The molecule has 6 nitrogen and oxygen atoms in total. The van der Waals surface area contributed by atoms with Crippen LogP contribution in [0.2, 0.25) is 0 Å². The lowest BCUT2D eigenvalue weighted by Gasteiger charge is -2.20. The summed E-state index contributed by atoms with van der Waals surface area (Å²) in [7, 11) is 6.00. The fourth-order valence-corrected chi connectivity index (χ4v) is 3.85. The van der Waals surface area contributed by atoms with Gasteiger partial charge < -0.3 is 14.2 Å². The number of methoxy groups -OCH3 is 1. The first kappa shape index (κ1) is 14.7. The molecular formula is C17H22N4O2. The van der Waals surface area contributed by atoms with Gasteiger partial charge in [0.1, 0.15) is 5.75 Å². The molecule has 1 aromatic heterocycles. The number of nitrogens with zero attached hydrogens (tertiary/aromatic N) is 4. The molecule has 122 valence electrons. The third-order valence-corrected chi connectivity index (χ3v) is 4.99. The van der Waals surface area contributed by atoms with E-state index in [1.54, 1.807) is 7.11 Å². The summed E-state index contributed by atoms with van der Waals surface area (Å²) in [5, 5.41) is 4.12. The minimum absolute atomic E-state index is 0.568. The third kappa shape index (κ3) is 2.72. The highest BCUT2D eigenvalue weighted by atomic mass is 16.5. The van der Waals surface area contributed by atoms with Gasteiger partial charge in [-0.3, -0.25) is 4.90 Å². The molecule has 1 aromatic carbocycles. The number of hydrogen-bond acceptors (Lipinski definition) is 6. The van der Waals surface area contributed by atoms with Crippen molar-refractivity contribution in [2.75, 3.05) is 34.3 Å². The van der Waals surface area contributed by atoms with Gasteiger partial charge >= 0.3 is 0 Å². The summed E-state index contributed by atoms with van der Waals surface area (Å²) in [6.07, 6.45) is 0. The summed E-state index contributed by atoms with van der Waals surface area (Å²) in [6.45, 7) is 3.05. The Morgan fingerprint density at radius 3 is 2.52 bits per heavy atom. The molecule has 1 saturated heterocycles. The Morgan fingerprint density at radius 2 is 1.91 bits per heavy atom. The SMILES string of the molecule is COc1ccc(-c2nc(CN3C[C@@H]4C(N(C)C)[C@@H]4C3)no2)cc1. The molecule has 1 aliphatic heterocycles. The lowest BCUT2D eigenvalue weighted by molar-refractivity contribution is 0.237. The van der Waals surface area contributed by atoms with Crippen molar-refractivity contribution in [2.24, 2.45) is 11.8 Å². The average Bonchev–Trinajstić information content (AvgIpc) is 2.90. The first-order chi connectivity index (χ1) is 11.2. The standard InChI is InChI=1S/C17H22N4O2/c1-20(2)16-13-8-21(9-14(13)16)10-15-18-17(23-19-15)11-4-6-12(22-3)7-5-11/h4-7,13-14,16H,8-10H2,1-3H3/t13-,14+,16?. The number of aromatic nitrogens is 2. The topological polar surface area (TPSA) is 54.6 Å². The first-order valence-corrected chi connectivity index (χ1v) is 8.01. The first-order valence-electron chi connectivity index (χ1n) is 8.01. The minimum Gasteiger partial charge on any atom is -0.497 e. The molecule has 2 heterocycles. The number of benzene rings is 1. The van der Waals surface area contributed by atoms with Crippen LogP contribution >= 0.6 is 0 Å². The van der Waals surface area contributed by atoms with E-state index in [9.17, 15) is 0 Å². The molecule has 4 rings (SSSR count). The van der Waals surface area contributed by atoms with Crippen molar-refractivity contribution in [3.63, 3.8) is 0 Å². The van der Waals surface area contributed by atoms with Crippen LogP contribution in [0.5, 0.6) is 5.75 Å². The Labute approximate surface area is 136 Å². The Hall–Kier alpha value is -1.92. The van der Waals surface area contributed by atoms with Crippen LogP contribution in [0.4, 0.5) is 0 Å². The molecule has 2 aliphatic rings. The molecule has 1 unspecified atom stereocenters. The monoisotopic (exact) mass is 314 g/mol. The summed E-state index contributed by atoms with van der Waals surface area (Å²) >= 11 is 0. The van der Waals surface area contributed by atoms with Crippen LogP contribution in [0.1, 0.15) is 5.82 Å². The molecule has 1 aliphatic carbocycles. The maximum atomic E-state index is 5.40. The number of fused-ring (bicyclic) bond motifs is 1. The van der Waals surface area contributed by atoms with E-state index in [0.29, 0.717) is 5.89 Å². The summed E-state index contributed by atoms with van der Waals surface area (Å²) in [5.41, 5.74) is 0.918. The highest BCUT2D eigenvalue weighted by Gasteiger charge is 2.56. The smallest absolute Gasteiger partial charge is 0.257 e. The maximum Gasteiger partial charge on any atom is 0.257 e. The van der Waals surface area contributed by atoms with Gasteiger partial charge in [0.2, 0.25) is 0 Å². The van der Waals surface area contributed by atoms with Gasteiger partial charge in [0.05, 0.1) is 13.7 Å². The van der Waals surface area contributed by atoms with E-state index < -0.39 is 0 Å². The second kappa shape index (κ2) is 5.62. The van der Waals surface area contributed by atoms with Crippen molar-refractivity contribution in [3.8, 4) is 17.2 Å². The number of rotatable bonds is 5. The van der Waals surface area contributed by atoms with Gasteiger partial charge in [-0.2, -0.15) is 4.98 Å². The summed E-state index contributed by atoms with van der Waals surface area (Å²) in [4.78, 5) is 9.30. The molecule has 0 spiro atoms. The van der Waals surface area contributed by atoms with Crippen LogP contribution in [-0.2, 0) is 6.54 Å². The van der Waals surface area contributed by atoms with E-state index in [-0.39, 0.29) is 0 Å². The van der Waals surface area contributed by atoms with Crippen molar-refractivity contribution in [1.29, 1.82) is 0 Å². The van der Waals surface area contributed by atoms with E-state index in [1.807, 2.05) is 24.3 Å². The molecular weight excluding hydrogens is 292 g/mol.